The molecule has 8 heteroatoms. The zero-order valence-corrected chi connectivity index (χ0v) is 15.6. The fourth-order valence-corrected chi connectivity index (χ4v) is 2.74. The van der Waals surface area contributed by atoms with Gasteiger partial charge in [-0.2, -0.15) is 4.98 Å². The van der Waals surface area contributed by atoms with Crippen molar-refractivity contribution in [3.05, 3.63) is 59.8 Å². The van der Waals surface area contributed by atoms with E-state index in [0.717, 1.165) is 18.5 Å². The molecule has 0 atom stereocenters. The van der Waals surface area contributed by atoms with Crippen molar-refractivity contribution in [3.63, 3.8) is 0 Å². The van der Waals surface area contributed by atoms with Crippen LogP contribution in [-0.2, 0) is 4.79 Å². The smallest absolute Gasteiger partial charge is 0.229 e. The van der Waals surface area contributed by atoms with Gasteiger partial charge in [-0.05, 0) is 49.2 Å². The highest BCUT2D eigenvalue weighted by molar-refractivity contribution is 6.33. The zero-order chi connectivity index (χ0) is 19.5. The number of amides is 1. The molecule has 1 amide bonds. The molecule has 1 aliphatic carbocycles. The standard InChI is InChI=1S/C20H18ClN5O2/c21-15-11-22-20(23-13-7-9-14(27)10-8-13)26-18(15)24-16-3-1-2-4-17(16)25-19(28)12-5-6-12/h1-4,7-12,27H,5-6H2,(H,25,28)(H2,22,23,24,26). The molecule has 0 aliphatic heterocycles. The van der Waals surface area contributed by atoms with Crippen LogP contribution in [0, 0.1) is 5.92 Å². The summed E-state index contributed by atoms with van der Waals surface area (Å²) in [5.41, 5.74) is 2.08. The predicted octanol–water partition coefficient (Wildman–Crippen LogP) is 4.67. The first kappa shape index (κ1) is 18.1. The second-order valence-electron chi connectivity index (χ2n) is 6.50. The minimum Gasteiger partial charge on any atom is -0.508 e. The molecule has 1 fully saturated rings. The molecule has 0 spiro atoms. The van der Waals surface area contributed by atoms with Gasteiger partial charge in [0.15, 0.2) is 5.82 Å². The summed E-state index contributed by atoms with van der Waals surface area (Å²) in [5, 5.41) is 18.9. The van der Waals surface area contributed by atoms with Gasteiger partial charge in [-0.15, -0.1) is 0 Å². The number of para-hydroxylation sites is 2. The van der Waals surface area contributed by atoms with Crippen molar-refractivity contribution in [1.82, 2.24) is 9.97 Å². The van der Waals surface area contributed by atoms with Crippen LogP contribution in [0.2, 0.25) is 5.02 Å². The van der Waals surface area contributed by atoms with E-state index in [9.17, 15) is 9.90 Å². The van der Waals surface area contributed by atoms with Gasteiger partial charge in [-0.1, -0.05) is 23.7 Å². The Morgan fingerprint density at radius 1 is 1.04 bits per heavy atom. The molecule has 1 heterocycles. The van der Waals surface area contributed by atoms with Gasteiger partial charge in [-0.3, -0.25) is 4.79 Å². The Bertz CT molecular complexity index is 1010. The van der Waals surface area contributed by atoms with E-state index in [-0.39, 0.29) is 17.6 Å². The van der Waals surface area contributed by atoms with Gasteiger partial charge < -0.3 is 21.1 Å². The third-order valence-electron chi connectivity index (χ3n) is 4.25. The summed E-state index contributed by atoms with van der Waals surface area (Å²) < 4.78 is 0. The van der Waals surface area contributed by atoms with E-state index in [1.807, 2.05) is 24.3 Å². The molecule has 0 radical (unpaired) electrons. The summed E-state index contributed by atoms with van der Waals surface area (Å²) in [7, 11) is 0. The first-order valence-electron chi connectivity index (χ1n) is 8.84. The monoisotopic (exact) mass is 395 g/mol. The van der Waals surface area contributed by atoms with Gasteiger partial charge >= 0.3 is 0 Å². The number of nitrogens with one attached hydrogen (secondary N) is 3. The van der Waals surface area contributed by atoms with Gasteiger partial charge in [0.2, 0.25) is 11.9 Å². The highest BCUT2D eigenvalue weighted by Gasteiger charge is 2.29. The Morgan fingerprint density at radius 2 is 1.75 bits per heavy atom. The SMILES string of the molecule is O=C(Nc1ccccc1Nc1nc(Nc2ccc(O)cc2)ncc1Cl)C1CC1. The number of phenols is 1. The summed E-state index contributed by atoms with van der Waals surface area (Å²) in [6, 6.07) is 13.9. The van der Waals surface area contributed by atoms with Gasteiger partial charge in [0, 0.05) is 11.6 Å². The van der Waals surface area contributed by atoms with E-state index < -0.39 is 0 Å². The Labute approximate surface area is 166 Å². The molecule has 142 valence electrons. The molecule has 1 aliphatic rings. The van der Waals surface area contributed by atoms with E-state index in [2.05, 4.69) is 25.9 Å². The van der Waals surface area contributed by atoms with Crippen LogP contribution in [0.5, 0.6) is 5.75 Å². The van der Waals surface area contributed by atoms with Crippen molar-refractivity contribution in [2.45, 2.75) is 12.8 Å². The molecule has 3 aromatic rings. The van der Waals surface area contributed by atoms with E-state index in [1.54, 1.807) is 24.3 Å². The minimum atomic E-state index is 0.0257. The maximum absolute atomic E-state index is 12.1. The summed E-state index contributed by atoms with van der Waals surface area (Å²) in [4.78, 5) is 20.7. The van der Waals surface area contributed by atoms with Crippen LogP contribution < -0.4 is 16.0 Å². The molecule has 4 N–H and O–H groups in total. The molecular formula is C20H18ClN5O2. The molecular weight excluding hydrogens is 378 g/mol. The van der Waals surface area contributed by atoms with E-state index >= 15 is 0 Å². The van der Waals surface area contributed by atoms with Crippen molar-refractivity contribution >= 4 is 46.3 Å². The fourth-order valence-electron chi connectivity index (χ4n) is 2.60. The predicted molar refractivity (Wildman–Crippen MR) is 110 cm³/mol. The molecule has 0 bridgehead atoms. The van der Waals surface area contributed by atoms with Crippen LogP contribution in [0.1, 0.15) is 12.8 Å². The number of carbonyl (C=O) groups excluding carboxylic acids is 1. The van der Waals surface area contributed by atoms with Crippen LogP contribution in [0.4, 0.5) is 28.8 Å². The number of rotatable bonds is 6. The Kier molecular flexibility index (Phi) is 4.99. The topological polar surface area (TPSA) is 99.2 Å². The lowest BCUT2D eigenvalue weighted by molar-refractivity contribution is -0.117. The minimum absolute atomic E-state index is 0.0257. The van der Waals surface area contributed by atoms with Crippen molar-refractivity contribution < 1.29 is 9.90 Å². The summed E-state index contributed by atoms with van der Waals surface area (Å²) in [6.07, 6.45) is 3.36. The Hall–Kier alpha value is -3.32. The number of halogens is 1. The van der Waals surface area contributed by atoms with E-state index in [0.29, 0.717) is 28.2 Å². The lowest BCUT2D eigenvalue weighted by Gasteiger charge is -2.14. The highest BCUT2D eigenvalue weighted by atomic mass is 35.5. The van der Waals surface area contributed by atoms with Crippen LogP contribution in [-0.4, -0.2) is 21.0 Å². The van der Waals surface area contributed by atoms with Crippen molar-refractivity contribution in [1.29, 1.82) is 0 Å². The Morgan fingerprint density at radius 3 is 2.46 bits per heavy atom. The number of aromatic nitrogens is 2. The maximum atomic E-state index is 12.1. The van der Waals surface area contributed by atoms with Gasteiger partial charge in [0.1, 0.15) is 10.8 Å². The van der Waals surface area contributed by atoms with Crippen LogP contribution in [0.3, 0.4) is 0 Å². The maximum Gasteiger partial charge on any atom is 0.229 e. The number of nitrogens with zero attached hydrogens (tertiary/aromatic N) is 2. The molecule has 0 saturated heterocycles. The number of benzene rings is 2. The van der Waals surface area contributed by atoms with Crippen LogP contribution >= 0.6 is 11.6 Å². The number of hydrogen-bond acceptors (Lipinski definition) is 6. The molecule has 1 saturated carbocycles. The number of phenolic OH excluding ortho intramolecular Hbond substituents is 1. The van der Waals surface area contributed by atoms with Crippen LogP contribution in [0.25, 0.3) is 0 Å². The van der Waals surface area contributed by atoms with Gasteiger partial charge in [-0.25, -0.2) is 4.98 Å². The second-order valence-corrected chi connectivity index (χ2v) is 6.90. The van der Waals surface area contributed by atoms with Gasteiger partial charge in [0.25, 0.3) is 0 Å². The average Bonchev–Trinajstić information content (AvgIpc) is 3.53. The molecule has 1 aromatic heterocycles. The van der Waals surface area contributed by atoms with Crippen molar-refractivity contribution in [2.75, 3.05) is 16.0 Å². The molecule has 28 heavy (non-hydrogen) atoms. The number of aromatic hydroxyl groups is 1. The first-order valence-corrected chi connectivity index (χ1v) is 9.22. The second kappa shape index (κ2) is 7.74. The number of hydrogen-bond donors (Lipinski definition) is 4. The largest absolute Gasteiger partial charge is 0.508 e. The lowest BCUT2D eigenvalue weighted by atomic mass is 10.2. The summed E-state index contributed by atoms with van der Waals surface area (Å²) in [6.45, 7) is 0. The number of anilines is 5. The molecule has 0 unspecified atom stereocenters. The molecule has 2 aromatic carbocycles. The quantitative estimate of drug-likeness (QED) is 0.452. The van der Waals surface area contributed by atoms with Gasteiger partial charge in [0.05, 0.1) is 17.6 Å². The summed E-state index contributed by atoms with van der Waals surface area (Å²) in [5.74, 6) is 1.06. The normalized spacial score (nSPS) is 13.0. The fraction of sp³-hybridized carbons (Fsp3) is 0.150. The van der Waals surface area contributed by atoms with Crippen molar-refractivity contribution in [3.8, 4) is 5.75 Å². The van der Waals surface area contributed by atoms with E-state index in [1.165, 1.54) is 6.20 Å². The third-order valence-corrected chi connectivity index (χ3v) is 4.53. The highest BCUT2D eigenvalue weighted by Crippen LogP contribution is 2.33. The lowest BCUT2D eigenvalue weighted by Crippen LogP contribution is -2.14. The Balaban J connectivity index is 1.54. The van der Waals surface area contributed by atoms with Crippen LogP contribution in [0.15, 0.2) is 54.7 Å². The first-order chi connectivity index (χ1) is 13.6. The number of carbonyl (C=O) groups is 1. The zero-order valence-electron chi connectivity index (χ0n) is 14.8. The summed E-state index contributed by atoms with van der Waals surface area (Å²) >= 11 is 6.25. The van der Waals surface area contributed by atoms with E-state index in [4.69, 9.17) is 11.6 Å². The van der Waals surface area contributed by atoms with Crippen molar-refractivity contribution in [2.24, 2.45) is 5.92 Å². The average molecular weight is 396 g/mol. The molecule has 4 rings (SSSR count). The molecule has 7 nitrogen and oxygen atoms in total. The third kappa shape index (κ3) is 4.32.